The lowest BCUT2D eigenvalue weighted by molar-refractivity contribution is 0.318. The van der Waals surface area contributed by atoms with Gasteiger partial charge in [0.25, 0.3) is 0 Å². The molecule has 11 heavy (non-hydrogen) atoms. The summed E-state index contributed by atoms with van der Waals surface area (Å²) in [5.74, 6) is -0.191. The first kappa shape index (κ1) is 8.78. The summed E-state index contributed by atoms with van der Waals surface area (Å²) in [4.78, 5) is 1.59. The van der Waals surface area contributed by atoms with E-state index in [-0.39, 0.29) is 10.9 Å². The van der Waals surface area contributed by atoms with Gasteiger partial charge >= 0.3 is 0 Å². The number of halogens is 2. The summed E-state index contributed by atoms with van der Waals surface area (Å²) in [5, 5.41) is 0. The molecule has 1 heterocycles. The van der Waals surface area contributed by atoms with Crippen molar-refractivity contribution < 1.29 is 4.39 Å². The van der Waals surface area contributed by atoms with Crippen molar-refractivity contribution in [1.29, 1.82) is 0 Å². The van der Waals surface area contributed by atoms with Gasteiger partial charge in [-0.25, -0.2) is 0 Å². The van der Waals surface area contributed by atoms with Gasteiger partial charge in [0.2, 0.25) is 0 Å². The molecule has 0 fully saturated rings. The molecule has 0 radical (unpaired) electrons. The number of rotatable bonds is 1. The first-order valence-corrected chi connectivity index (χ1v) is 4.51. The molecule has 1 aliphatic rings. The lowest BCUT2D eigenvalue weighted by atomic mass is 10.1. The van der Waals surface area contributed by atoms with Gasteiger partial charge in [-0.1, -0.05) is 28.9 Å². The van der Waals surface area contributed by atoms with Gasteiger partial charge in [-0.15, -0.1) is 0 Å². The van der Waals surface area contributed by atoms with Crippen LogP contribution in [0.3, 0.4) is 0 Å². The van der Waals surface area contributed by atoms with Gasteiger partial charge in [0, 0.05) is 7.05 Å². The van der Waals surface area contributed by atoms with E-state index in [2.05, 4.69) is 22.9 Å². The number of hydrogen-bond acceptors (Lipinski definition) is 1. The van der Waals surface area contributed by atoms with Crippen LogP contribution in [0.2, 0.25) is 0 Å². The molecular formula is C8H11BrFN. The molecule has 0 aromatic heterocycles. The monoisotopic (exact) mass is 219 g/mol. The highest BCUT2D eigenvalue weighted by molar-refractivity contribution is 9.09. The highest BCUT2D eigenvalue weighted by atomic mass is 79.9. The van der Waals surface area contributed by atoms with Crippen molar-refractivity contribution in [1.82, 2.24) is 4.90 Å². The van der Waals surface area contributed by atoms with Crippen molar-refractivity contribution in [3.63, 3.8) is 0 Å². The zero-order valence-corrected chi connectivity index (χ0v) is 8.23. The number of nitrogens with zero attached hydrogens (tertiary/aromatic N) is 1. The van der Waals surface area contributed by atoms with Crippen molar-refractivity contribution in [2.45, 2.75) is 18.3 Å². The number of allylic oxidation sites excluding steroid dienone is 2. The molecule has 0 aromatic rings. The van der Waals surface area contributed by atoms with Crippen LogP contribution in [0.4, 0.5) is 4.39 Å². The molecule has 1 nitrogen and oxygen atoms in total. The van der Waals surface area contributed by atoms with Gasteiger partial charge < -0.3 is 4.90 Å². The molecular weight excluding hydrogens is 209 g/mol. The molecule has 0 saturated carbocycles. The van der Waals surface area contributed by atoms with Gasteiger partial charge in [-0.2, -0.15) is 4.39 Å². The smallest absolute Gasteiger partial charge is 0.190 e. The topological polar surface area (TPSA) is 3.24 Å². The average Bonchev–Trinajstić information content (AvgIpc) is 2.01. The first-order valence-electron chi connectivity index (χ1n) is 3.60. The fourth-order valence-electron chi connectivity index (χ4n) is 1.02. The third-order valence-corrected chi connectivity index (χ3v) is 3.03. The Bertz CT molecular complexity index is 210. The Morgan fingerprint density at radius 2 is 2.27 bits per heavy atom. The van der Waals surface area contributed by atoms with Crippen LogP contribution in [0.15, 0.2) is 23.7 Å². The zero-order chi connectivity index (χ0) is 8.43. The Morgan fingerprint density at radius 1 is 1.64 bits per heavy atom. The number of likely N-dealkylation sites (N-methyl/N-ethyl adjacent to an activating group) is 1. The Balaban J connectivity index is 2.84. The highest BCUT2D eigenvalue weighted by Crippen LogP contribution is 2.26. The Hall–Kier alpha value is -0.310. The Morgan fingerprint density at radius 3 is 2.82 bits per heavy atom. The van der Waals surface area contributed by atoms with Crippen LogP contribution in [0.25, 0.3) is 0 Å². The van der Waals surface area contributed by atoms with Crippen molar-refractivity contribution in [3.05, 3.63) is 23.7 Å². The molecule has 1 unspecified atom stereocenters. The fraction of sp³-hybridized carbons (Fsp3) is 0.500. The second-order valence-corrected chi connectivity index (χ2v) is 3.40. The lowest BCUT2D eigenvalue weighted by Gasteiger charge is -2.27. The maximum Gasteiger partial charge on any atom is 0.190 e. The molecule has 0 saturated heterocycles. The average molecular weight is 220 g/mol. The fourth-order valence-corrected chi connectivity index (χ4v) is 1.69. The molecule has 0 aliphatic carbocycles. The molecule has 0 amide bonds. The van der Waals surface area contributed by atoms with Crippen molar-refractivity contribution in [2.75, 3.05) is 7.05 Å². The van der Waals surface area contributed by atoms with Crippen molar-refractivity contribution in [3.8, 4) is 0 Å². The number of hydrogen-bond donors (Lipinski definition) is 0. The van der Waals surface area contributed by atoms with Gasteiger partial charge in [0.1, 0.15) is 4.95 Å². The molecule has 0 aromatic carbocycles. The van der Waals surface area contributed by atoms with Gasteiger partial charge in [-0.05, 0) is 18.1 Å². The predicted molar refractivity (Wildman–Crippen MR) is 48.0 cm³/mol. The summed E-state index contributed by atoms with van der Waals surface area (Å²) in [7, 11) is 1.73. The number of alkyl halides is 1. The standard InChI is InChI=1S/C8H11BrFN/c1-3-6-4-5-7(10)11(2)8(6)9/h4-5,8H,3H2,1-2H3. The zero-order valence-electron chi connectivity index (χ0n) is 6.64. The predicted octanol–water partition coefficient (Wildman–Crippen LogP) is 2.80. The van der Waals surface area contributed by atoms with Crippen molar-refractivity contribution >= 4 is 15.9 Å². The van der Waals surface area contributed by atoms with Crippen molar-refractivity contribution in [2.24, 2.45) is 0 Å². The van der Waals surface area contributed by atoms with Crippen LogP contribution in [0.5, 0.6) is 0 Å². The van der Waals surface area contributed by atoms with Crippen LogP contribution >= 0.6 is 15.9 Å². The largest absolute Gasteiger partial charge is 0.335 e. The minimum atomic E-state index is -0.191. The molecule has 0 spiro atoms. The van der Waals surface area contributed by atoms with Crippen LogP contribution in [-0.4, -0.2) is 16.9 Å². The van der Waals surface area contributed by atoms with Gasteiger partial charge in [0.05, 0.1) is 0 Å². The maximum atomic E-state index is 12.8. The summed E-state index contributed by atoms with van der Waals surface area (Å²) in [6, 6.07) is 0. The van der Waals surface area contributed by atoms with Crippen LogP contribution in [-0.2, 0) is 0 Å². The van der Waals surface area contributed by atoms with E-state index in [1.807, 2.05) is 6.08 Å². The highest BCUT2D eigenvalue weighted by Gasteiger charge is 2.19. The minimum absolute atomic E-state index is 0.0255. The Kier molecular flexibility index (Phi) is 2.71. The third kappa shape index (κ3) is 1.64. The van der Waals surface area contributed by atoms with E-state index in [1.165, 1.54) is 11.6 Å². The van der Waals surface area contributed by atoms with E-state index in [0.717, 1.165) is 6.42 Å². The van der Waals surface area contributed by atoms with Gasteiger partial charge in [-0.3, -0.25) is 0 Å². The molecule has 1 rings (SSSR count). The quantitative estimate of drug-likeness (QED) is 0.485. The lowest BCUT2D eigenvalue weighted by Crippen LogP contribution is -2.28. The van der Waals surface area contributed by atoms with Gasteiger partial charge in [0.15, 0.2) is 5.95 Å². The summed E-state index contributed by atoms with van der Waals surface area (Å²) in [6.07, 6.45) is 4.27. The maximum absolute atomic E-state index is 12.8. The first-order chi connectivity index (χ1) is 5.16. The van der Waals surface area contributed by atoms with E-state index in [9.17, 15) is 4.39 Å². The normalized spacial score (nSPS) is 24.7. The molecule has 0 N–H and O–H groups in total. The van der Waals surface area contributed by atoms with Crippen LogP contribution < -0.4 is 0 Å². The van der Waals surface area contributed by atoms with E-state index in [4.69, 9.17) is 0 Å². The molecule has 62 valence electrons. The molecule has 3 heteroatoms. The minimum Gasteiger partial charge on any atom is -0.335 e. The van der Waals surface area contributed by atoms with E-state index >= 15 is 0 Å². The van der Waals surface area contributed by atoms with E-state index < -0.39 is 0 Å². The third-order valence-electron chi connectivity index (χ3n) is 1.83. The van der Waals surface area contributed by atoms with Crippen LogP contribution in [0.1, 0.15) is 13.3 Å². The van der Waals surface area contributed by atoms with E-state index in [1.54, 1.807) is 11.9 Å². The van der Waals surface area contributed by atoms with Crippen LogP contribution in [0, 0.1) is 0 Å². The summed E-state index contributed by atoms with van der Waals surface area (Å²) in [6.45, 7) is 2.06. The molecule has 0 bridgehead atoms. The Labute approximate surface area is 74.7 Å². The molecule has 1 atom stereocenters. The summed E-state index contributed by atoms with van der Waals surface area (Å²) < 4.78 is 12.8. The van der Waals surface area contributed by atoms with E-state index in [0.29, 0.717) is 0 Å². The molecule has 1 aliphatic heterocycles. The second-order valence-electron chi connectivity index (χ2n) is 2.53. The summed E-state index contributed by atoms with van der Waals surface area (Å²) in [5.41, 5.74) is 1.20. The summed E-state index contributed by atoms with van der Waals surface area (Å²) >= 11 is 3.40. The SMILES string of the molecule is CCC1=CC=C(F)N(C)C1Br. The second kappa shape index (κ2) is 3.39.